The van der Waals surface area contributed by atoms with Crippen molar-refractivity contribution >= 4 is 0 Å². The molecule has 2 rings (SSSR count). The molecule has 102 valence electrons. The summed E-state index contributed by atoms with van der Waals surface area (Å²) in [6.07, 6.45) is 4.27. The van der Waals surface area contributed by atoms with E-state index in [1.54, 1.807) is 0 Å². The van der Waals surface area contributed by atoms with Crippen LogP contribution in [0, 0.1) is 6.92 Å². The lowest BCUT2D eigenvalue weighted by atomic mass is 10.0. The highest BCUT2D eigenvalue weighted by Gasteiger charge is 2.09. The molecule has 3 nitrogen and oxygen atoms in total. The lowest BCUT2D eigenvalue weighted by molar-refractivity contribution is 0.518. The number of hydrogen-bond donors (Lipinski definition) is 1. The van der Waals surface area contributed by atoms with Crippen molar-refractivity contribution in [2.75, 3.05) is 6.54 Å². The van der Waals surface area contributed by atoms with Crippen LogP contribution in [0.5, 0.6) is 0 Å². The van der Waals surface area contributed by atoms with Crippen molar-refractivity contribution in [3.8, 4) is 5.69 Å². The molecule has 0 fully saturated rings. The van der Waals surface area contributed by atoms with Gasteiger partial charge in [-0.1, -0.05) is 26.0 Å². The van der Waals surface area contributed by atoms with Crippen molar-refractivity contribution in [1.82, 2.24) is 15.1 Å². The van der Waals surface area contributed by atoms with Gasteiger partial charge in [-0.05, 0) is 50.1 Å². The molecule has 1 atom stereocenters. The van der Waals surface area contributed by atoms with Crippen LogP contribution in [0.25, 0.3) is 5.69 Å². The van der Waals surface area contributed by atoms with Crippen LogP contribution in [0.1, 0.15) is 44.0 Å². The topological polar surface area (TPSA) is 29.9 Å². The summed E-state index contributed by atoms with van der Waals surface area (Å²) in [6, 6.07) is 11.1. The summed E-state index contributed by atoms with van der Waals surface area (Å²) >= 11 is 0. The molecule has 19 heavy (non-hydrogen) atoms. The zero-order valence-electron chi connectivity index (χ0n) is 12.1. The molecule has 0 aliphatic carbocycles. The van der Waals surface area contributed by atoms with Gasteiger partial charge in [-0.3, -0.25) is 0 Å². The van der Waals surface area contributed by atoms with Crippen molar-refractivity contribution in [1.29, 1.82) is 0 Å². The van der Waals surface area contributed by atoms with Crippen molar-refractivity contribution in [3.05, 3.63) is 47.8 Å². The molecule has 0 radical (unpaired) electrons. The van der Waals surface area contributed by atoms with Gasteiger partial charge in [0.05, 0.1) is 11.4 Å². The van der Waals surface area contributed by atoms with Gasteiger partial charge in [0.1, 0.15) is 0 Å². The van der Waals surface area contributed by atoms with Crippen LogP contribution in [0.4, 0.5) is 0 Å². The van der Waals surface area contributed by atoms with E-state index in [0.29, 0.717) is 6.04 Å². The predicted octanol–water partition coefficient (Wildman–Crippen LogP) is 3.63. The lowest BCUT2D eigenvalue weighted by Gasteiger charge is -2.17. The lowest BCUT2D eigenvalue weighted by Crippen LogP contribution is -2.21. The molecule has 0 saturated carbocycles. The van der Waals surface area contributed by atoms with Crippen LogP contribution in [0.15, 0.2) is 36.5 Å². The Bertz CT molecular complexity index is 516. The van der Waals surface area contributed by atoms with Gasteiger partial charge in [-0.15, -0.1) is 0 Å². The first-order valence-electron chi connectivity index (χ1n) is 7.10. The Morgan fingerprint density at radius 2 is 2.11 bits per heavy atom. The van der Waals surface area contributed by atoms with Crippen LogP contribution in [0.3, 0.4) is 0 Å². The summed E-state index contributed by atoms with van der Waals surface area (Å²) in [4.78, 5) is 0. The molecule has 0 bridgehead atoms. The zero-order chi connectivity index (χ0) is 13.7. The largest absolute Gasteiger partial charge is 0.310 e. The third kappa shape index (κ3) is 3.44. The number of aryl methyl sites for hydroxylation is 1. The summed E-state index contributed by atoms with van der Waals surface area (Å²) in [7, 11) is 0. The van der Waals surface area contributed by atoms with Crippen LogP contribution >= 0.6 is 0 Å². The zero-order valence-corrected chi connectivity index (χ0v) is 12.1. The van der Waals surface area contributed by atoms with Crippen molar-refractivity contribution < 1.29 is 0 Å². The maximum Gasteiger partial charge on any atom is 0.0648 e. The fourth-order valence-corrected chi connectivity index (χ4v) is 2.26. The number of benzene rings is 1. The Hall–Kier alpha value is -1.61. The summed E-state index contributed by atoms with van der Waals surface area (Å²) in [5, 5.41) is 8.06. The fraction of sp³-hybridized carbons (Fsp3) is 0.438. The average molecular weight is 257 g/mol. The number of nitrogens with one attached hydrogen (secondary N) is 1. The molecule has 3 heteroatoms. The van der Waals surface area contributed by atoms with E-state index in [-0.39, 0.29) is 0 Å². The first-order valence-corrected chi connectivity index (χ1v) is 7.10. The molecule has 0 amide bonds. The Balaban J connectivity index is 2.22. The normalized spacial score (nSPS) is 12.6. The average Bonchev–Trinajstić information content (AvgIpc) is 2.87. The predicted molar refractivity (Wildman–Crippen MR) is 79.6 cm³/mol. The first kappa shape index (κ1) is 13.8. The molecular formula is C16H23N3. The Morgan fingerprint density at radius 1 is 1.26 bits per heavy atom. The van der Waals surface area contributed by atoms with E-state index >= 15 is 0 Å². The van der Waals surface area contributed by atoms with Crippen LogP contribution < -0.4 is 5.32 Å². The molecule has 1 unspecified atom stereocenters. The van der Waals surface area contributed by atoms with E-state index in [1.807, 2.05) is 23.9 Å². The monoisotopic (exact) mass is 257 g/mol. The second kappa shape index (κ2) is 6.53. The first-order chi connectivity index (χ1) is 9.24. The number of rotatable bonds is 6. The van der Waals surface area contributed by atoms with Gasteiger partial charge in [-0.2, -0.15) is 5.10 Å². The molecule has 2 aromatic rings. The summed E-state index contributed by atoms with van der Waals surface area (Å²) in [5.41, 5.74) is 3.51. The highest BCUT2D eigenvalue weighted by molar-refractivity contribution is 5.36. The minimum Gasteiger partial charge on any atom is -0.310 e. The van der Waals surface area contributed by atoms with Gasteiger partial charge in [0.15, 0.2) is 0 Å². The third-order valence-corrected chi connectivity index (χ3v) is 3.31. The van der Waals surface area contributed by atoms with E-state index in [9.17, 15) is 0 Å². The number of aromatic nitrogens is 2. The Morgan fingerprint density at radius 3 is 2.74 bits per heavy atom. The SMILES string of the molecule is CCCNC(CC)c1cccc(-n2ccc(C)n2)c1. The maximum absolute atomic E-state index is 4.47. The summed E-state index contributed by atoms with van der Waals surface area (Å²) < 4.78 is 1.94. The van der Waals surface area contributed by atoms with Gasteiger partial charge >= 0.3 is 0 Å². The maximum atomic E-state index is 4.47. The summed E-state index contributed by atoms with van der Waals surface area (Å²) in [6.45, 7) is 7.49. The van der Waals surface area contributed by atoms with E-state index in [1.165, 1.54) is 5.56 Å². The van der Waals surface area contributed by atoms with E-state index < -0.39 is 0 Å². The van der Waals surface area contributed by atoms with Gasteiger partial charge in [0.25, 0.3) is 0 Å². The smallest absolute Gasteiger partial charge is 0.0648 e. The second-order valence-electron chi connectivity index (χ2n) is 4.91. The van der Waals surface area contributed by atoms with Gasteiger partial charge < -0.3 is 5.32 Å². The van der Waals surface area contributed by atoms with Crippen molar-refractivity contribution in [2.24, 2.45) is 0 Å². The van der Waals surface area contributed by atoms with Crippen molar-refractivity contribution in [2.45, 2.75) is 39.7 Å². The molecule has 0 aliphatic rings. The highest BCUT2D eigenvalue weighted by atomic mass is 15.3. The molecule has 1 aromatic carbocycles. The molecule has 1 N–H and O–H groups in total. The minimum atomic E-state index is 0.427. The molecule has 0 saturated heterocycles. The number of nitrogens with zero attached hydrogens (tertiary/aromatic N) is 2. The van der Waals surface area contributed by atoms with E-state index in [2.05, 4.69) is 48.5 Å². The Kier molecular flexibility index (Phi) is 4.74. The van der Waals surface area contributed by atoms with Crippen LogP contribution in [0.2, 0.25) is 0 Å². The highest BCUT2D eigenvalue weighted by Crippen LogP contribution is 2.19. The van der Waals surface area contributed by atoms with Gasteiger partial charge in [0.2, 0.25) is 0 Å². The van der Waals surface area contributed by atoms with Gasteiger partial charge in [0, 0.05) is 12.2 Å². The van der Waals surface area contributed by atoms with E-state index in [4.69, 9.17) is 0 Å². The van der Waals surface area contributed by atoms with E-state index in [0.717, 1.165) is 30.8 Å². The molecule has 1 aromatic heterocycles. The molecule has 0 aliphatic heterocycles. The summed E-state index contributed by atoms with van der Waals surface area (Å²) in [5.74, 6) is 0. The molecule has 1 heterocycles. The van der Waals surface area contributed by atoms with Crippen molar-refractivity contribution in [3.63, 3.8) is 0 Å². The fourth-order valence-electron chi connectivity index (χ4n) is 2.26. The number of hydrogen-bond acceptors (Lipinski definition) is 2. The third-order valence-electron chi connectivity index (χ3n) is 3.31. The second-order valence-corrected chi connectivity index (χ2v) is 4.91. The quantitative estimate of drug-likeness (QED) is 0.856. The Labute approximate surface area is 115 Å². The minimum absolute atomic E-state index is 0.427. The van der Waals surface area contributed by atoms with Gasteiger partial charge in [-0.25, -0.2) is 4.68 Å². The standard InChI is InChI=1S/C16H23N3/c1-4-10-17-16(5-2)14-7-6-8-15(12-14)19-11-9-13(3)18-19/h6-9,11-12,16-17H,4-5,10H2,1-3H3. The van der Waals surface area contributed by atoms with Crippen LogP contribution in [-0.2, 0) is 0 Å². The molecular weight excluding hydrogens is 234 g/mol. The molecule has 0 spiro atoms. The van der Waals surface area contributed by atoms with Crippen LogP contribution in [-0.4, -0.2) is 16.3 Å².